The van der Waals surface area contributed by atoms with E-state index in [-0.39, 0.29) is 56.2 Å². The Morgan fingerprint density at radius 1 is 1.14 bits per heavy atom. The molecule has 0 atom stereocenters. The summed E-state index contributed by atoms with van der Waals surface area (Å²) in [7, 11) is 2.81. The van der Waals surface area contributed by atoms with Crippen LogP contribution in [0.2, 0.25) is 0 Å². The van der Waals surface area contributed by atoms with Gasteiger partial charge in [0.15, 0.2) is 0 Å². The van der Waals surface area contributed by atoms with Crippen molar-refractivity contribution in [1.82, 2.24) is 4.90 Å². The molecule has 0 saturated carbocycles. The van der Waals surface area contributed by atoms with Crippen LogP contribution in [0, 0.1) is 16.0 Å². The van der Waals surface area contributed by atoms with Gasteiger partial charge in [-0.15, -0.1) is 0 Å². The number of anilines is 1. The summed E-state index contributed by atoms with van der Waals surface area (Å²) in [5.74, 6) is -0.941. The number of hydrogen-bond donors (Lipinski definition) is 0. The normalized spacial score (nSPS) is 11.4. The van der Waals surface area contributed by atoms with Crippen LogP contribution in [0.4, 0.5) is 16.2 Å². The van der Waals surface area contributed by atoms with Gasteiger partial charge in [0.2, 0.25) is 0 Å². The van der Waals surface area contributed by atoms with Crippen LogP contribution in [0.3, 0.4) is 0 Å². The van der Waals surface area contributed by atoms with E-state index in [1.807, 2.05) is 0 Å². The summed E-state index contributed by atoms with van der Waals surface area (Å²) >= 11 is 0. The van der Waals surface area contributed by atoms with Crippen LogP contribution in [0.15, 0.2) is 35.9 Å². The Balaban J connectivity index is 0.00000784. The fourth-order valence-corrected chi connectivity index (χ4v) is 2.49. The SMILES string of the molecule is CCO/C([O-])=C(\C(C)C)N(COC)C(=O)N(COC)c1ccc([N+](=O)[O-])cc1.[Li+]. The van der Waals surface area contributed by atoms with E-state index >= 15 is 0 Å². The number of rotatable bonds is 10. The van der Waals surface area contributed by atoms with E-state index in [2.05, 4.69) is 0 Å². The zero-order valence-electron chi connectivity index (χ0n) is 17.7. The molecule has 0 unspecified atom stereocenters. The van der Waals surface area contributed by atoms with Crippen molar-refractivity contribution < 1.29 is 47.9 Å². The van der Waals surface area contributed by atoms with Gasteiger partial charge in [-0.05, 0) is 24.7 Å². The third-order valence-electron chi connectivity index (χ3n) is 3.67. The maximum atomic E-state index is 13.2. The van der Waals surface area contributed by atoms with Gasteiger partial charge in [-0.3, -0.25) is 19.9 Å². The molecule has 0 saturated heterocycles. The minimum atomic E-state index is -0.621. The van der Waals surface area contributed by atoms with Crippen LogP contribution in [-0.2, 0) is 14.2 Å². The number of carbonyl (C=O) groups excluding carboxylic acids is 1. The molecule has 0 aliphatic heterocycles. The van der Waals surface area contributed by atoms with Crippen molar-refractivity contribution in [3.63, 3.8) is 0 Å². The Morgan fingerprint density at radius 3 is 2.10 bits per heavy atom. The number of nitro groups is 1. The number of nitro benzene ring substituents is 1. The third kappa shape index (κ3) is 7.25. The summed E-state index contributed by atoms with van der Waals surface area (Å²) in [5.41, 5.74) is 0.394. The summed E-state index contributed by atoms with van der Waals surface area (Å²) in [6.45, 7) is 5.04. The van der Waals surface area contributed by atoms with Crippen molar-refractivity contribution in [3.05, 3.63) is 46.0 Å². The van der Waals surface area contributed by atoms with Crippen LogP contribution >= 0.6 is 0 Å². The minimum Gasteiger partial charge on any atom is -0.612 e. The molecule has 0 aromatic heterocycles. The smallest absolute Gasteiger partial charge is 0.612 e. The van der Waals surface area contributed by atoms with Crippen LogP contribution < -0.4 is 28.9 Å². The summed E-state index contributed by atoms with van der Waals surface area (Å²) in [4.78, 5) is 26.0. The molecule has 0 aliphatic rings. The number of hydrogen-bond acceptors (Lipinski definition) is 7. The number of ether oxygens (including phenoxy) is 3. The van der Waals surface area contributed by atoms with Crippen molar-refractivity contribution >= 4 is 17.4 Å². The average molecular weight is 403 g/mol. The molecular weight excluding hydrogens is 377 g/mol. The summed E-state index contributed by atoms with van der Waals surface area (Å²) < 4.78 is 15.3. The van der Waals surface area contributed by atoms with E-state index in [0.29, 0.717) is 5.69 Å². The third-order valence-corrected chi connectivity index (χ3v) is 3.67. The van der Waals surface area contributed by atoms with Gasteiger partial charge in [0.05, 0.1) is 10.9 Å². The van der Waals surface area contributed by atoms with Gasteiger partial charge >= 0.3 is 24.9 Å². The van der Waals surface area contributed by atoms with Crippen LogP contribution in [-0.4, -0.2) is 50.1 Å². The second-order valence-electron chi connectivity index (χ2n) is 6.01. The first kappa shape index (κ1) is 26.7. The zero-order valence-corrected chi connectivity index (χ0v) is 17.7. The van der Waals surface area contributed by atoms with Crippen molar-refractivity contribution in [1.29, 1.82) is 0 Å². The second-order valence-corrected chi connectivity index (χ2v) is 6.01. The molecule has 1 rings (SSSR count). The topological polar surface area (TPSA) is 117 Å². The van der Waals surface area contributed by atoms with Crippen LogP contribution in [0.1, 0.15) is 20.8 Å². The number of urea groups is 1. The quantitative estimate of drug-likeness (QED) is 0.166. The summed E-state index contributed by atoms with van der Waals surface area (Å²) in [6, 6.07) is 4.84. The first-order valence-corrected chi connectivity index (χ1v) is 8.63. The summed E-state index contributed by atoms with van der Waals surface area (Å²) in [5, 5.41) is 23.3. The molecule has 0 heterocycles. The average Bonchev–Trinajstić information content (AvgIpc) is 2.65. The number of benzene rings is 1. The van der Waals surface area contributed by atoms with E-state index in [1.165, 1.54) is 48.3 Å². The number of nitrogens with zero attached hydrogens (tertiary/aromatic N) is 3. The molecule has 2 amide bonds. The standard InChI is InChI=1S/C18H27N3O7.Li/c1-6-28-17(22)16(13(2)3)20(12-27-5)18(23)19(11-26-4)14-7-9-15(10-8-14)21(24)25;/h7-10,13,22H,6,11-12H2,1-5H3;/q;+1/p-1/b17-16+;. The largest absolute Gasteiger partial charge is 1.00 e. The first-order valence-electron chi connectivity index (χ1n) is 8.63. The van der Waals surface area contributed by atoms with Gasteiger partial charge in [-0.25, -0.2) is 4.79 Å². The van der Waals surface area contributed by atoms with Gasteiger partial charge in [-0.1, -0.05) is 20.8 Å². The number of non-ortho nitro benzene ring substituents is 1. The molecule has 11 heteroatoms. The Morgan fingerprint density at radius 2 is 1.69 bits per heavy atom. The first-order chi connectivity index (χ1) is 13.3. The molecule has 156 valence electrons. The Kier molecular flexibility index (Phi) is 12.0. The maximum absolute atomic E-state index is 13.2. The molecule has 1 aromatic rings. The van der Waals surface area contributed by atoms with Gasteiger partial charge in [-0.2, -0.15) is 0 Å². The summed E-state index contributed by atoms with van der Waals surface area (Å²) in [6.07, 6.45) is 0. The minimum absolute atomic E-state index is 0. The molecular formula is C18H26LiN3O7. The van der Waals surface area contributed by atoms with Gasteiger partial charge in [0, 0.05) is 37.7 Å². The van der Waals surface area contributed by atoms with Gasteiger partial charge in [0.25, 0.3) is 5.69 Å². The van der Waals surface area contributed by atoms with Gasteiger partial charge in [0.1, 0.15) is 13.5 Å². The predicted octanol–water partition coefficient (Wildman–Crippen LogP) is -0.743. The molecule has 0 N–H and O–H groups in total. The molecule has 0 radical (unpaired) electrons. The van der Waals surface area contributed by atoms with E-state index in [1.54, 1.807) is 20.8 Å². The Hall–Kier alpha value is -2.25. The zero-order chi connectivity index (χ0) is 21.3. The van der Waals surface area contributed by atoms with Crippen molar-refractivity contribution in [2.75, 3.05) is 39.2 Å². The van der Waals surface area contributed by atoms with Crippen LogP contribution in [0.25, 0.3) is 0 Å². The fourth-order valence-electron chi connectivity index (χ4n) is 2.49. The second kappa shape index (κ2) is 13.1. The molecule has 0 spiro atoms. The number of carbonyl (C=O) groups is 1. The maximum Gasteiger partial charge on any atom is 1.00 e. The van der Waals surface area contributed by atoms with Crippen molar-refractivity contribution in [2.45, 2.75) is 20.8 Å². The number of amides is 2. The molecule has 29 heavy (non-hydrogen) atoms. The molecule has 0 bridgehead atoms. The monoisotopic (exact) mass is 403 g/mol. The Labute approximate surface area is 182 Å². The number of methoxy groups -OCH3 is 2. The van der Waals surface area contributed by atoms with Crippen molar-refractivity contribution in [3.8, 4) is 0 Å². The molecule has 1 aromatic carbocycles. The molecule has 10 nitrogen and oxygen atoms in total. The van der Waals surface area contributed by atoms with E-state index in [4.69, 9.17) is 14.2 Å². The molecule has 0 aliphatic carbocycles. The van der Waals surface area contributed by atoms with E-state index in [0.717, 1.165) is 0 Å². The van der Waals surface area contributed by atoms with Gasteiger partial charge < -0.3 is 19.3 Å². The fraction of sp³-hybridized carbons (Fsp3) is 0.500. The van der Waals surface area contributed by atoms with E-state index in [9.17, 15) is 20.0 Å². The van der Waals surface area contributed by atoms with Crippen LogP contribution in [0.5, 0.6) is 0 Å². The predicted molar refractivity (Wildman–Crippen MR) is 100 cm³/mol. The number of allylic oxidation sites excluding steroid dienone is 1. The van der Waals surface area contributed by atoms with E-state index < -0.39 is 16.9 Å². The van der Waals surface area contributed by atoms with Crippen molar-refractivity contribution in [2.24, 2.45) is 5.92 Å². The Bertz CT molecular complexity index is 695. The molecule has 0 fully saturated rings.